The molecule has 2 aromatic rings. The highest BCUT2D eigenvalue weighted by atomic mass is 16.2. The van der Waals surface area contributed by atoms with E-state index >= 15 is 0 Å². The van der Waals surface area contributed by atoms with Gasteiger partial charge in [0.1, 0.15) is 5.56 Å². The topological polar surface area (TPSA) is 42.3 Å². The highest BCUT2D eigenvalue weighted by Crippen LogP contribution is 2.38. The van der Waals surface area contributed by atoms with Gasteiger partial charge in [0.15, 0.2) is 0 Å². The second-order valence-corrected chi connectivity index (χ2v) is 7.83. The lowest BCUT2D eigenvalue weighted by atomic mass is 10.0. The van der Waals surface area contributed by atoms with Crippen LogP contribution in [-0.4, -0.2) is 28.5 Å². The molecule has 2 fully saturated rings. The molecule has 1 amide bonds. The minimum atomic E-state index is -0.177. The minimum Gasteiger partial charge on any atom is -0.338 e. The smallest absolute Gasteiger partial charge is 0.264 e. The molecule has 1 aromatic carbocycles. The number of carbonyl (C=O) groups is 1. The van der Waals surface area contributed by atoms with E-state index in [1.165, 1.54) is 19.3 Å². The van der Waals surface area contributed by atoms with Crippen LogP contribution >= 0.6 is 0 Å². The number of carbonyl (C=O) groups excluding carboxylic acids is 1. The molecule has 2 aliphatic rings. The van der Waals surface area contributed by atoms with Crippen molar-refractivity contribution < 1.29 is 4.79 Å². The number of amides is 1. The number of aromatic nitrogens is 1. The fourth-order valence-corrected chi connectivity index (χ4v) is 4.66. The summed E-state index contributed by atoms with van der Waals surface area (Å²) in [7, 11) is 0. The molecule has 0 radical (unpaired) electrons. The quantitative estimate of drug-likeness (QED) is 0.848. The van der Waals surface area contributed by atoms with E-state index in [-0.39, 0.29) is 17.5 Å². The van der Waals surface area contributed by atoms with Crippen molar-refractivity contribution in [2.45, 2.75) is 39.2 Å². The van der Waals surface area contributed by atoms with Crippen LogP contribution in [0.25, 0.3) is 0 Å². The fourth-order valence-electron chi connectivity index (χ4n) is 4.66. The van der Waals surface area contributed by atoms with Crippen LogP contribution in [0, 0.1) is 18.8 Å². The lowest BCUT2D eigenvalue weighted by Gasteiger charge is -2.21. The fraction of sp³-hybridized carbons (Fsp3) is 0.455. The SMILES string of the molecule is Cc1ccn(C(C)c2ccccc2)c(=O)c1C(=O)N1C[C@H]2CCC[C@H]2C1. The Bertz CT molecular complexity index is 859. The number of hydrogen-bond donors (Lipinski definition) is 0. The Kier molecular flexibility index (Phi) is 4.43. The first-order valence-corrected chi connectivity index (χ1v) is 9.62. The summed E-state index contributed by atoms with van der Waals surface area (Å²) in [5.41, 5.74) is 2.00. The van der Waals surface area contributed by atoms with Gasteiger partial charge in [-0.3, -0.25) is 9.59 Å². The zero-order valence-electron chi connectivity index (χ0n) is 15.5. The molecule has 0 N–H and O–H groups in total. The van der Waals surface area contributed by atoms with E-state index < -0.39 is 0 Å². The molecule has 26 heavy (non-hydrogen) atoms. The Balaban J connectivity index is 1.66. The summed E-state index contributed by atoms with van der Waals surface area (Å²) < 4.78 is 1.69. The van der Waals surface area contributed by atoms with Crippen molar-refractivity contribution in [1.29, 1.82) is 0 Å². The molecular formula is C22H26N2O2. The Morgan fingerprint density at radius 1 is 1.08 bits per heavy atom. The number of benzene rings is 1. The van der Waals surface area contributed by atoms with Crippen LogP contribution in [0.5, 0.6) is 0 Å². The molecule has 1 unspecified atom stereocenters. The number of nitrogens with zero attached hydrogens (tertiary/aromatic N) is 2. The number of fused-ring (bicyclic) bond motifs is 1. The maximum Gasteiger partial charge on any atom is 0.264 e. The zero-order chi connectivity index (χ0) is 18.3. The number of aryl methyl sites for hydroxylation is 1. The lowest BCUT2D eigenvalue weighted by molar-refractivity contribution is 0.0777. The predicted molar refractivity (Wildman–Crippen MR) is 102 cm³/mol. The molecule has 1 aliphatic heterocycles. The largest absolute Gasteiger partial charge is 0.338 e. The molecule has 4 heteroatoms. The van der Waals surface area contributed by atoms with E-state index in [0.29, 0.717) is 17.4 Å². The third-order valence-electron chi connectivity index (χ3n) is 6.25. The van der Waals surface area contributed by atoms with E-state index in [1.54, 1.807) is 4.57 Å². The van der Waals surface area contributed by atoms with Gasteiger partial charge in [-0.2, -0.15) is 0 Å². The van der Waals surface area contributed by atoms with Crippen molar-refractivity contribution in [2.24, 2.45) is 11.8 Å². The number of rotatable bonds is 3. The monoisotopic (exact) mass is 350 g/mol. The summed E-state index contributed by atoms with van der Waals surface area (Å²) in [4.78, 5) is 28.2. The van der Waals surface area contributed by atoms with Crippen LogP contribution in [0.1, 0.15) is 53.7 Å². The van der Waals surface area contributed by atoms with Gasteiger partial charge in [-0.1, -0.05) is 36.8 Å². The van der Waals surface area contributed by atoms with Gasteiger partial charge in [0.2, 0.25) is 0 Å². The molecule has 3 atom stereocenters. The Labute approximate surface area is 154 Å². The minimum absolute atomic E-state index is 0.0866. The van der Waals surface area contributed by atoms with Crippen molar-refractivity contribution >= 4 is 5.91 Å². The van der Waals surface area contributed by atoms with Crippen LogP contribution in [0.3, 0.4) is 0 Å². The average molecular weight is 350 g/mol. The van der Waals surface area contributed by atoms with Crippen LogP contribution < -0.4 is 5.56 Å². The second kappa shape index (κ2) is 6.75. The van der Waals surface area contributed by atoms with Gasteiger partial charge in [0, 0.05) is 19.3 Å². The van der Waals surface area contributed by atoms with E-state index in [9.17, 15) is 9.59 Å². The zero-order valence-corrected chi connectivity index (χ0v) is 15.5. The van der Waals surface area contributed by atoms with Crippen molar-refractivity contribution in [3.8, 4) is 0 Å². The van der Waals surface area contributed by atoms with Crippen molar-refractivity contribution in [2.75, 3.05) is 13.1 Å². The third kappa shape index (κ3) is 2.87. The van der Waals surface area contributed by atoms with E-state index in [1.807, 2.05) is 61.3 Å². The Morgan fingerprint density at radius 2 is 1.73 bits per heavy atom. The van der Waals surface area contributed by atoms with Gasteiger partial charge in [-0.15, -0.1) is 0 Å². The summed E-state index contributed by atoms with van der Waals surface area (Å²) in [5.74, 6) is 1.18. The first-order valence-electron chi connectivity index (χ1n) is 9.62. The molecular weight excluding hydrogens is 324 g/mol. The first-order chi connectivity index (χ1) is 12.6. The van der Waals surface area contributed by atoms with E-state index in [4.69, 9.17) is 0 Å². The maximum atomic E-state index is 13.2. The number of pyridine rings is 1. The van der Waals surface area contributed by atoms with Crippen LogP contribution in [0.2, 0.25) is 0 Å². The normalized spacial score (nSPS) is 23.1. The van der Waals surface area contributed by atoms with Gasteiger partial charge >= 0.3 is 0 Å². The predicted octanol–water partition coefficient (Wildman–Crippen LogP) is 3.64. The molecule has 136 valence electrons. The number of likely N-dealkylation sites (tertiary alicyclic amines) is 1. The molecule has 4 nitrogen and oxygen atoms in total. The molecule has 1 saturated heterocycles. The molecule has 1 aromatic heterocycles. The van der Waals surface area contributed by atoms with Gasteiger partial charge in [0.05, 0.1) is 6.04 Å². The van der Waals surface area contributed by atoms with Crippen LogP contribution in [0.4, 0.5) is 0 Å². The van der Waals surface area contributed by atoms with E-state index in [2.05, 4.69) is 0 Å². The Morgan fingerprint density at radius 3 is 2.38 bits per heavy atom. The second-order valence-electron chi connectivity index (χ2n) is 7.83. The van der Waals surface area contributed by atoms with Crippen LogP contribution in [0.15, 0.2) is 47.4 Å². The van der Waals surface area contributed by atoms with Gasteiger partial charge in [-0.25, -0.2) is 0 Å². The molecule has 1 saturated carbocycles. The standard InChI is InChI=1S/C22H26N2O2/c1-15-11-12-24(16(2)17-7-4-3-5-8-17)22(26)20(15)21(25)23-13-18-9-6-10-19(18)14-23/h3-5,7-8,11-12,16,18-19H,6,9-10,13-14H2,1-2H3/t16?,18-,19+. The summed E-state index contributed by atoms with van der Waals surface area (Å²) in [6.45, 7) is 5.49. The number of hydrogen-bond acceptors (Lipinski definition) is 2. The van der Waals surface area contributed by atoms with Crippen LogP contribution in [-0.2, 0) is 0 Å². The third-order valence-corrected chi connectivity index (χ3v) is 6.25. The summed E-state index contributed by atoms with van der Waals surface area (Å²) in [6.07, 6.45) is 5.53. The van der Waals surface area contributed by atoms with Gasteiger partial charge in [-0.05, 0) is 55.7 Å². The first kappa shape index (κ1) is 17.1. The molecule has 1 aliphatic carbocycles. The Hall–Kier alpha value is -2.36. The van der Waals surface area contributed by atoms with Crippen molar-refractivity contribution in [1.82, 2.24) is 9.47 Å². The van der Waals surface area contributed by atoms with Crippen molar-refractivity contribution in [3.63, 3.8) is 0 Å². The van der Waals surface area contributed by atoms with Gasteiger partial charge < -0.3 is 9.47 Å². The molecule has 2 heterocycles. The van der Waals surface area contributed by atoms with Gasteiger partial charge in [0.25, 0.3) is 11.5 Å². The lowest BCUT2D eigenvalue weighted by Crippen LogP contribution is -2.37. The van der Waals surface area contributed by atoms with Crippen molar-refractivity contribution in [3.05, 3.63) is 69.6 Å². The maximum absolute atomic E-state index is 13.2. The molecule has 0 spiro atoms. The molecule has 4 rings (SSSR count). The highest BCUT2D eigenvalue weighted by Gasteiger charge is 2.39. The van der Waals surface area contributed by atoms with E-state index in [0.717, 1.165) is 24.2 Å². The highest BCUT2D eigenvalue weighted by molar-refractivity contribution is 5.95. The summed E-state index contributed by atoms with van der Waals surface area (Å²) >= 11 is 0. The average Bonchev–Trinajstić information content (AvgIpc) is 3.24. The summed E-state index contributed by atoms with van der Waals surface area (Å²) in [5, 5.41) is 0. The molecule has 0 bridgehead atoms. The summed E-state index contributed by atoms with van der Waals surface area (Å²) in [6, 6.07) is 11.7.